The fourth-order valence-corrected chi connectivity index (χ4v) is 4.49. The first-order valence-corrected chi connectivity index (χ1v) is 11.3. The van der Waals surface area contributed by atoms with Crippen LogP contribution in [0.25, 0.3) is 0 Å². The van der Waals surface area contributed by atoms with Crippen molar-refractivity contribution in [1.29, 1.82) is 0 Å². The highest BCUT2D eigenvalue weighted by Crippen LogP contribution is 2.40. The molecule has 3 aromatic rings. The first-order valence-electron chi connectivity index (χ1n) is 11.3. The van der Waals surface area contributed by atoms with Gasteiger partial charge in [0.2, 0.25) is 6.79 Å². The van der Waals surface area contributed by atoms with Crippen molar-refractivity contribution in [2.45, 2.75) is 12.5 Å². The lowest BCUT2D eigenvalue weighted by atomic mass is 9.91. The van der Waals surface area contributed by atoms with E-state index in [4.69, 9.17) is 28.4 Å². The molecule has 1 atom stereocenters. The third kappa shape index (κ3) is 4.39. The Kier molecular flexibility index (Phi) is 6.27. The highest BCUT2D eigenvalue weighted by atomic mass is 16.7. The number of carbonyl (C=O) groups is 1. The van der Waals surface area contributed by atoms with E-state index in [0.29, 0.717) is 47.3 Å². The monoisotopic (exact) mass is 477 g/mol. The van der Waals surface area contributed by atoms with E-state index in [9.17, 15) is 4.79 Å². The maximum atomic E-state index is 13.7. The zero-order valence-corrected chi connectivity index (χ0v) is 19.9. The summed E-state index contributed by atoms with van der Waals surface area (Å²) in [6.45, 7) is 0.960. The van der Waals surface area contributed by atoms with Crippen LogP contribution >= 0.6 is 0 Å². The van der Waals surface area contributed by atoms with E-state index in [1.54, 1.807) is 39.5 Å². The average molecular weight is 478 g/mol. The molecule has 5 rings (SSSR count). The van der Waals surface area contributed by atoms with Gasteiger partial charge >= 0.3 is 0 Å². The van der Waals surface area contributed by atoms with Crippen molar-refractivity contribution in [1.82, 2.24) is 4.90 Å². The molecule has 0 N–H and O–H groups in total. The molecule has 0 spiro atoms. The first kappa shape index (κ1) is 22.7. The van der Waals surface area contributed by atoms with Gasteiger partial charge in [-0.2, -0.15) is 0 Å². The van der Waals surface area contributed by atoms with Gasteiger partial charge in [0.25, 0.3) is 5.91 Å². The number of benzene rings is 3. The Bertz CT molecular complexity index is 1220. The van der Waals surface area contributed by atoms with Crippen LogP contribution in [0.15, 0.2) is 54.6 Å². The summed E-state index contributed by atoms with van der Waals surface area (Å²) in [5, 5.41) is 0. The van der Waals surface area contributed by atoms with Crippen molar-refractivity contribution >= 4 is 5.91 Å². The Morgan fingerprint density at radius 2 is 1.60 bits per heavy atom. The molecule has 0 aliphatic carbocycles. The molecule has 0 saturated carbocycles. The molecule has 3 aromatic carbocycles. The van der Waals surface area contributed by atoms with Gasteiger partial charge in [0.1, 0.15) is 18.1 Å². The van der Waals surface area contributed by atoms with Crippen LogP contribution in [-0.4, -0.2) is 52.1 Å². The predicted octanol–water partition coefficient (Wildman–Crippen LogP) is 4.26. The molecule has 35 heavy (non-hydrogen) atoms. The Morgan fingerprint density at radius 3 is 2.34 bits per heavy atom. The Morgan fingerprint density at radius 1 is 0.886 bits per heavy atom. The van der Waals surface area contributed by atoms with Crippen molar-refractivity contribution in [2.75, 3.05) is 41.3 Å². The molecular weight excluding hydrogens is 450 g/mol. The van der Waals surface area contributed by atoms with E-state index < -0.39 is 0 Å². The first-order chi connectivity index (χ1) is 17.1. The number of nitrogens with zero attached hydrogens (tertiary/aromatic N) is 1. The Labute approximate surface area is 203 Å². The van der Waals surface area contributed by atoms with Crippen LogP contribution in [0.3, 0.4) is 0 Å². The van der Waals surface area contributed by atoms with E-state index in [1.807, 2.05) is 41.3 Å². The number of amides is 1. The minimum atomic E-state index is -0.335. The molecule has 0 aromatic heterocycles. The molecule has 8 nitrogen and oxygen atoms in total. The van der Waals surface area contributed by atoms with Crippen LogP contribution in [0.5, 0.6) is 34.5 Å². The SMILES string of the molecule is COc1ccc(OCC2c3cc(OC)c(OC)cc3CCN2C(=O)c2ccc3c(c2)OCO3)cc1. The van der Waals surface area contributed by atoms with Crippen molar-refractivity contribution in [3.8, 4) is 34.5 Å². The van der Waals surface area contributed by atoms with Gasteiger partial charge in [-0.3, -0.25) is 4.79 Å². The van der Waals surface area contributed by atoms with E-state index in [1.165, 1.54) is 0 Å². The minimum Gasteiger partial charge on any atom is -0.497 e. The summed E-state index contributed by atoms with van der Waals surface area (Å²) in [4.78, 5) is 15.5. The summed E-state index contributed by atoms with van der Waals surface area (Å²) in [6, 6.07) is 16.2. The fraction of sp³-hybridized carbons (Fsp3) is 0.296. The lowest BCUT2D eigenvalue weighted by Gasteiger charge is -2.37. The summed E-state index contributed by atoms with van der Waals surface area (Å²) < 4.78 is 33.3. The van der Waals surface area contributed by atoms with Gasteiger partial charge in [-0.15, -0.1) is 0 Å². The van der Waals surface area contributed by atoms with Crippen molar-refractivity contribution < 1.29 is 33.2 Å². The molecule has 1 unspecified atom stereocenters. The number of methoxy groups -OCH3 is 3. The smallest absolute Gasteiger partial charge is 0.254 e. The summed E-state index contributed by atoms with van der Waals surface area (Å²) in [6.07, 6.45) is 0.686. The predicted molar refractivity (Wildman–Crippen MR) is 128 cm³/mol. The molecular formula is C27H27NO7. The van der Waals surface area contributed by atoms with Crippen LogP contribution in [0.4, 0.5) is 0 Å². The highest BCUT2D eigenvalue weighted by Gasteiger charge is 2.34. The normalized spacial score (nSPS) is 15.9. The van der Waals surface area contributed by atoms with Crippen LogP contribution in [0.2, 0.25) is 0 Å². The van der Waals surface area contributed by atoms with Crippen LogP contribution in [-0.2, 0) is 6.42 Å². The molecule has 2 aliphatic rings. The van der Waals surface area contributed by atoms with Gasteiger partial charge in [0.15, 0.2) is 23.0 Å². The van der Waals surface area contributed by atoms with Crippen LogP contribution in [0, 0.1) is 0 Å². The van der Waals surface area contributed by atoms with Crippen molar-refractivity contribution in [2.24, 2.45) is 0 Å². The molecule has 0 fully saturated rings. The zero-order chi connectivity index (χ0) is 24.4. The molecule has 0 bridgehead atoms. The maximum absolute atomic E-state index is 13.7. The Balaban J connectivity index is 1.48. The summed E-state index contributed by atoms with van der Waals surface area (Å²) in [5.74, 6) is 3.82. The van der Waals surface area contributed by atoms with Gasteiger partial charge in [-0.05, 0) is 72.1 Å². The minimum absolute atomic E-state index is 0.105. The molecule has 0 radical (unpaired) electrons. The van der Waals surface area contributed by atoms with Crippen molar-refractivity contribution in [3.05, 3.63) is 71.3 Å². The fourth-order valence-electron chi connectivity index (χ4n) is 4.49. The molecule has 0 saturated heterocycles. The summed E-state index contributed by atoms with van der Waals surface area (Å²) in [7, 11) is 4.84. The van der Waals surface area contributed by atoms with Gasteiger partial charge in [-0.25, -0.2) is 0 Å². The Hall–Kier alpha value is -4.07. The van der Waals surface area contributed by atoms with E-state index in [2.05, 4.69) is 0 Å². The number of ether oxygens (including phenoxy) is 6. The molecule has 2 aliphatic heterocycles. The third-order valence-electron chi connectivity index (χ3n) is 6.35. The molecule has 8 heteroatoms. The topological polar surface area (TPSA) is 75.7 Å². The lowest BCUT2D eigenvalue weighted by molar-refractivity contribution is 0.0589. The molecule has 1 amide bonds. The number of rotatable bonds is 7. The summed E-state index contributed by atoms with van der Waals surface area (Å²) >= 11 is 0. The molecule has 182 valence electrons. The van der Waals surface area contributed by atoms with Gasteiger partial charge in [0, 0.05) is 12.1 Å². The quantitative estimate of drug-likeness (QED) is 0.503. The van der Waals surface area contributed by atoms with Crippen LogP contribution < -0.4 is 28.4 Å². The van der Waals surface area contributed by atoms with E-state index in [-0.39, 0.29) is 25.3 Å². The van der Waals surface area contributed by atoms with Gasteiger partial charge < -0.3 is 33.3 Å². The van der Waals surface area contributed by atoms with E-state index in [0.717, 1.165) is 16.9 Å². The van der Waals surface area contributed by atoms with Gasteiger partial charge in [0.05, 0.1) is 27.4 Å². The number of hydrogen-bond donors (Lipinski definition) is 0. The van der Waals surface area contributed by atoms with Gasteiger partial charge in [-0.1, -0.05) is 0 Å². The number of fused-ring (bicyclic) bond motifs is 2. The zero-order valence-electron chi connectivity index (χ0n) is 19.9. The molecule has 2 heterocycles. The second-order valence-electron chi connectivity index (χ2n) is 8.22. The number of carbonyl (C=O) groups excluding carboxylic acids is 1. The second-order valence-corrected chi connectivity index (χ2v) is 8.22. The largest absolute Gasteiger partial charge is 0.497 e. The second kappa shape index (κ2) is 9.66. The van der Waals surface area contributed by atoms with E-state index >= 15 is 0 Å². The number of hydrogen-bond acceptors (Lipinski definition) is 7. The van der Waals surface area contributed by atoms with Crippen LogP contribution in [0.1, 0.15) is 27.5 Å². The lowest BCUT2D eigenvalue weighted by Crippen LogP contribution is -2.42. The standard InChI is InChI=1S/C27H27NO7/c1-30-19-5-7-20(8-6-19)33-15-22-21-14-25(32-3)24(31-2)12-17(21)10-11-28(22)27(29)18-4-9-23-26(13-18)35-16-34-23/h4-9,12-14,22H,10-11,15-16H2,1-3H3. The average Bonchev–Trinajstić information content (AvgIpc) is 3.38. The maximum Gasteiger partial charge on any atom is 0.254 e. The third-order valence-corrected chi connectivity index (χ3v) is 6.35. The van der Waals surface area contributed by atoms with Crippen molar-refractivity contribution in [3.63, 3.8) is 0 Å². The summed E-state index contributed by atoms with van der Waals surface area (Å²) in [5.41, 5.74) is 2.60. The highest BCUT2D eigenvalue weighted by molar-refractivity contribution is 5.95.